The van der Waals surface area contributed by atoms with E-state index >= 15 is 0 Å². The number of likely N-dealkylation sites (N-methyl/N-ethyl adjacent to an activating group) is 1. The first-order chi connectivity index (χ1) is 8.00. The summed E-state index contributed by atoms with van der Waals surface area (Å²) < 4.78 is 0. The van der Waals surface area contributed by atoms with Crippen LogP contribution in [0.5, 0.6) is 0 Å². The third kappa shape index (κ3) is 4.26. The van der Waals surface area contributed by atoms with Gasteiger partial charge in [0.15, 0.2) is 0 Å². The Morgan fingerprint density at radius 1 is 1.41 bits per heavy atom. The molecule has 1 aliphatic rings. The summed E-state index contributed by atoms with van der Waals surface area (Å²) in [4.78, 5) is 15.3. The highest BCUT2D eigenvalue weighted by atomic mass is 16.3. The van der Waals surface area contributed by atoms with Crippen molar-refractivity contribution >= 4 is 5.91 Å². The Bertz CT molecular complexity index is 254. The minimum absolute atomic E-state index is 0.0313. The zero-order valence-corrected chi connectivity index (χ0v) is 10.9. The fraction of sp³-hybridized carbons (Fsp3) is 0.917. The maximum absolute atomic E-state index is 11.4. The number of aliphatic hydroxyl groups excluding tert-OH is 2. The van der Waals surface area contributed by atoms with Crippen LogP contribution in [0.25, 0.3) is 0 Å². The first-order valence-corrected chi connectivity index (χ1v) is 6.19. The summed E-state index contributed by atoms with van der Waals surface area (Å²) in [7, 11) is 1.95. The van der Waals surface area contributed by atoms with Gasteiger partial charge in [-0.2, -0.15) is 0 Å². The number of aliphatic hydroxyl groups is 2. The molecule has 0 radical (unpaired) electrons. The summed E-state index contributed by atoms with van der Waals surface area (Å²) in [6, 6.07) is 0. The maximum Gasteiger partial charge on any atom is 0.222 e. The molecule has 0 saturated carbocycles. The average Bonchev–Trinajstić information content (AvgIpc) is 2.72. The molecular formula is C12H24N2O3. The van der Waals surface area contributed by atoms with Crippen molar-refractivity contribution in [3.63, 3.8) is 0 Å². The Balaban J connectivity index is 2.29. The van der Waals surface area contributed by atoms with Gasteiger partial charge in [-0.3, -0.25) is 4.79 Å². The van der Waals surface area contributed by atoms with Crippen LogP contribution in [0, 0.1) is 5.41 Å². The highest BCUT2D eigenvalue weighted by Gasteiger charge is 2.25. The zero-order chi connectivity index (χ0) is 12.9. The minimum Gasteiger partial charge on any atom is -0.396 e. The second-order valence-corrected chi connectivity index (χ2v) is 5.35. The van der Waals surface area contributed by atoms with Gasteiger partial charge in [-0.15, -0.1) is 0 Å². The molecule has 0 aromatic rings. The summed E-state index contributed by atoms with van der Waals surface area (Å²) in [5.41, 5.74) is -0.468. The minimum atomic E-state index is -0.468. The van der Waals surface area contributed by atoms with E-state index in [1.807, 2.05) is 18.9 Å². The number of hydrogen-bond donors (Lipinski definition) is 2. The molecule has 0 aromatic heterocycles. The SMILES string of the molecule is CN(CCN1CCCC1=O)CC(C)(CO)CO. The number of hydrogen-bond acceptors (Lipinski definition) is 4. The van der Waals surface area contributed by atoms with Crippen LogP contribution in [0.2, 0.25) is 0 Å². The van der Waals surface area contributed by atoms with E-state index in [1.165, 1.54) is 0 Å². The van der Waals surface area contributed by atoms with E-state index in [0.29, 0.717) is 13.0 Å². The van der Waals surface area contributed by atoms with Gasteiger partial charge < -0.3 is 20.0 Å². The van der Waals surface area contributed by atoms with Gasteiger partial charge in [0.25, 0.3) is 0 Å². The first-order valence-electron chi connectivity index (χ1n) is 6.19. The lowest BCUT2D eigenvalue weighted by molar-refractivity contribution is -0.127. The van der Waals surface area contributed by atoms with Crippen LogP contribution in [0.15, 0.2) is 0 Å². The molecule has 2 N–H and O–H groups in total. The van der Waals surface area contributed by atoms with Gasteiger partial charge in [-0.25, -0.2) is 0 Å². The molecular weight excluding hydrogens is 220 g/mol. The average molecular weight is 244 g/mol. The van der Waals surface area contributed by atoms with E-state index in [2.05, 4.69) is 4.90 Å². The normalized spacial score (nSPS) is 17.2. The molecule has 0 spiro atoms. The number of likely N-dealkylation sites (tertiary alicyclic amines) is 1. The Morgan fingerprint density at radius 2 is 2.06 bits per heavy atom. The topological polar surface area (TPSA) is 64.0 Å². The van der Waals surface area contributed by atoms with E-state index in [-0.39, 0.29) is 19.1 Å². The molecule has 0 atom stereocenters. The summed E-state index contributed by atoms with van der Waals surface area (Å²) in [6.45, 7) is 4.80. The molecule has 0 aromatic carbocycles. The van der Waals surface area contributed by atoms with Crippen molar-refractivity contribution in [1.82, 2.24) is 9.80 Å². The largest absolute Gasteiger partial charge is 0.396 e. The van der Waals surface area contributed by atoms with Crippen molar-refractivity contribution < 1.29 is 15.0 Å². The first kappa shape index (κ1) is 14.4. The second kappa shape index (κ2) is 6.33. The molecule has 5 nitrogen and oxygen atoms in total. The number of nitrogens with zero attached hydrogens (tertiary/aromatic N) is 2. The van der Waals surface area contributed by atoms with Gasteiger partial charge in [0.1, 0.15) is 0 Å². The molecule has 0 aliphatic carbocycles. The molecule has 17 heavy (non-hydrogen) atoms. The summed E-state index contributed by atoms with van der Waals surface area (Å²) >= 11 is 0. The van der Waals surface area contributed by atoms with Crippen molar-refractivity contribution in [3.05, 3.63) is 0 Å². The monoisotopic (exact) mass is 244 g/mol. The van der Waals surface area contributed by atoms with E-state index in [0.717, 1.165) is 26.1 Å². The second-order valence-electron chi connectivity index (χ2n) is 5.35. The Kier molecular flexibility index (Phi) is 5.36. The number of carbonyl (C=O) groups is 1. The van der Waals surface area contributed by atoms with Crippen molar-refractivity contribution in [2.45, 2.75) is 19.8 Å². The van der Waals surface area contributed by atoms with Crippen LogP contribution in [-0.4, -0.2) is 72.4 Å². The Hall–Kier alpha value is -0.650. The molecule has 1 heterocycles. The van der Waals surface area contributed by atoms with Gasteiger partial charge in [-0.1, -0.05) is 6.92 Å². The fourth-order valence-electron chi connectivity index (χ4n) is 2.11. The predicted octanol–water partition coefficient (Wildman–Crippen LogP) is -0.468. The lowest BCUT2D eigenvalue weighted by Gasteiger charge is -2.31. The summed E-state index contributed by atoms with van der Waals surface area (Å²) in [6.07, 6.45) is 1.64. The van der Waals surface area contributed by atoms with Crippen LogP contribution >= 0.6 is 0 Å². The summed E-state index contributed by atoms with van der Waals surface area (Å²) in [5, 5.41) is 18.4. The molecule has 0 unspecified atom stereocenters. The molecule has 1 rings (SSSR count). The number of carbonyl (C=O) groups excluding carboxylic acids is 1. The highest BCUT2D eigenvalue weighted by Crippen LogP contribution is 2.15. The third-order valence-electron chi connectivity index (χ3n) is 3.34. The van der Waals surface area contributed by atoms with Crippen molar-refractivity contribution in [2.75, 3.05) is 46.4 Å². The van der Waals surface area contributed by atoms with Gasteiger partial charge in [-0.05, 0) is 13.5 Å². The summed E-state index contributed by atoms with van der Waals surface area (Å²) in [5.74, 6) is 0.241. The standard InChI is InChI=1S/C12H24N2O3/c1-12(9-15,10-16)8-13(2)6-7-14-5-3-4-11(14)17/h15-16H,3-10H2,1-2H3. The smallest absolute Gasteiger partial charge is 0.222 e. The molecule has 1 saturated heterocycles. The third-order valence-corrected chi connectivity index (χ3v) is 3.34. The lowest BCUT2D eigenvalue weighted by Crippen LogP contribution is -2.42. The Labute approximate surface area is 103 Å². The van der Waals surface area contributed by atoms with Crippen LogP contribution in [-0.2, 0) is 4.79 Å². The maximum atomic E-state index is 11.4. The number of amides is 1. The van der Waals surface area contributed by atoms with Gasteiger partial charge in [0.2, 0.25) is 5.91 Å². The molecule has 5 heteroatoms. The lowest BCUT2D eigenvalue weighted by atomic mass is 9.92. The molecule has 1 fully saturated rings. The quantitative estimate of drug-likeness (QED) is 0.635. The van der Waals surface area contributed by atoms with Crippen molar-refractivity contribution in [1.29, 1.82) is 0 Å². The van der Waals surface area contributed by atoms with Crippen LogP contribution in [0.4, 0.5) is 0 Å². The molecule has 100 valence electrons. The van der Waals surface area contributed by atoms with E-state index < -0.39 is 5.41 Å². The predicted molar refractivity (Wildman–Crippen MR) is 65.6 cm³/mol. The van der Waals surface area contributed by atoms with Crippen molar-refractivity contribution in [2.24, 2.45) is 5.41 Å². The van der Waals surface area contributed by atoms with E-state index in [9.17, 15) is 15.0 Å². The van der Waals surface area contributed by atoms with E-state index in [4.69, 9.17) is 0 Å². The van der Waals surface area contributed by atoms with Crippen molar-refractivity contribution in [3.8, 4) is 0 Å². The molecule has 0 bridgehead atoms. The fourth-order valence-corrected chi connectivity index (χ4v) is 2.11. The van der Waals surface area contributed by atoms with E-state index in [1.54, 1.807) is 0 Å². The highest BCUT2D eigenvalue weighted by molar-refractivity contribution is 5.78. The van der Waals surface area contributed by atoms with Gasteiger partial charge in [0, 0.05) is 38.0 Å². The number of rotatable bonds is 7. The van der Waals surface area contributed by atoms with Gasteiger partial charge >= 0.3 is 0 Å². The zero-order valence-electron chi connectivity index (χ0n) is 10.9. The Morgan fingerprint density at radius 3 is 2.53 bits per heavy atom. The molecule has 1 aliphatic heterocycles. The van der Waals surface area contributed by atoms with Crippen LogP contribution in [0.3, 0.4) is 0 Å². The van der Waals surface area contributed by atoms with Crippen LogP contribution < -0.4 is 0 Å². The molecule has 1 amide bonds. The van der Waals surface area contributed by atoms with Crippen LogP contribution in [0.1, 0.15) is 19.8 Å². The van der Waals surface area contributed by atoms with Gasteiger partial charge in [0.05, 0.1) is 13.2 Å².